The van der Waals surface area contributed by atoms with Gasteiger partial charge >= 0.3 is 0 Å². The number of hydrogen-bond acceptors (Lipinski definition) is 4. The van der Waals surface area contributed by atoms with E-state index in [9.17, 15) is 8.42 Å². The minimum atomic E-state index is -3.62. The zero-order chi connectivity index (χ0) is 12.7. The Bertz CT molecular complexity index is 506. The van der Waals surface area contributed by atoms with E-state index in [1.807, 2.05) is 6.92 Å². The smallest absolute Gasteiger partial charge is 0.243 e. The molecule has 0 aromatic carbocycles. The molecule has 6 heteroatoms. The van der Waals surface area contributed by atoms with Gasteiger partial charge in [-0.05, 0) is 18.6 Å². The molecule has 1 heterocycles. The summed E-state index contributed by atoms with van der Waals surface area (Å²) < 4.78 is 26.2. The molecular weight excluding hydrogens is 238 g/mol. The molecule has 0 saturated heterocycles. The summed E-state index contributed by atoms with van der Waals surface area (Å²) in [5.74, 6) is 0. The fraction of sp³-hybridized carbons (Fsp3) is 0.455. The molecule has 1 N–H and O–H groups in total. The molecule has 0 spiro atoms. The third kappa shape index (κ3) is 3.80. The Hall–Kier alpha value is -1.45. The van der Waals surface area contributed by atoms with Crippen LogP contribution in [0.5, 0.6) is 0 Å². The lowest BCUT2D eigenvalue weighted by molar-refractivity contribution is 0.575. The third-order valence-electron chi connectivity index (χ3n) is 2.24. The fourth-order valence-electron chi connectivity index (χ4n) is 1.35. The lowest BCUT2D eigenvalue weighted by atomic mass is 10.3. The van der Waals surface area contributed by atoms with Gasteiger partial charge in [0, 0.05) is 12.7 Å². The lowest BCUT2D eigenvalue weighted by Crippen LogP contribution is -2.25. The Labute approximate surface area is 102 Å². The van der Waals surface area contributed by atoms with Gasteiger partial charge in [0.2, 0.25) is 10.0 Å². The molecule has 0 saturated carbocycles. The van der Waals surface area contributed by atoms with Gasteiger partial charge in [0.15, 0.2) is 5.69 Å². The standard InChI is InChI=1S/C11H15N3O2S/c1-2-3-4-8-14-17(15,16)11-6-5-7-13-10(11)9-12/h5-7,14H,2-4,8H2,1H3. The molecule has 0 aliphatic heterocycles. The lowest BCUT2D eigenvalue weighted by Gasteiger charge is -2.06. The van der Waals surface area contributed by atoms with Crippen LogP contribution in [0.1, 0.15) is 31.9 Å². The van der Waals surface area contributed by atoms with Gasteiger partial charge in [-0.25, -0.2) is 18.1 Å². The molecule has 17 heavy (non-hydrogen) atoms. The van der Waals surface area contributed by atoms with E-state index >= 15 is 0 Å². The molecule has 0 atom stereocenters. The quantitative estimate of drug-likeness (QED) is 0.777. The summed E-state index contributed by atoms with van der Waals surface area (Å²) in [5, 5.41) is 8.79. The molecule has 1 rings (SSSR count). The van der Waals surface area contributed by atoms with Crippen molar-refractivity contribution in [1.82, 2.24) is 9.71 Å². The van der Waals surface area contributed by atoms with Crippen LogP contribution in [0.15, 0.2) is 23.2 Å². The molecule has 0 amide bonds. The SMILES string of the molecule is CCCCCNS(=O)(=O)c1cccnc1C#N. The highest BCUT2D eigenvalue weighted by Crippen LogP contribution is 2.11. The highest BCUT2D eigenvalue weighted by atomic mass is 32.2. The second-order valence-electron chi connectivity index (χ2n) is 3.57. The average Bonchev–Trinajstić information content (AvgIpc) is 2.34. The van der Waals surface area contributed by atoms with E-state index in [-0.39, 0.29) is 10.6 Å². The van der Waals surface area contributed by atoms with Crippen molar-refractivity contribution in [3.8, 4) is 6.07 Å². The first-order valence-corrected chi connectivity index (χ1v) is 6.95. The van der Waals surface area contributed by atoms with Crippen molar-refractivity contribution < 1.29 is 8.42 Å². The Morgan fingerprint density at radius 2 is 2.24 bits per heavy atom. The van der Waals surface area contributed by atoms with Crippen molar-refractivity contribution in [1.29, 1.82) is 5.26 Å². The van der Waals surface area contributed by atoms with Crippen molar-refractivity contribution >= 4 is 10.0 Å². The fourth-order valence-corrected chi connectivity index (χ4v) is 2.53. The van der Waals surface area contributed by atoms with Crippen LogP contribution in [0.4, 0.5) is 0 Å². The summed E-state index contributed by atoms with van der Waals surface area (Å²) in [7, 11) is -3.62. The monoisotopic (exact) mass is 253 g/mol. The maximum absolute atomic E-state index is 11.9. The van der Waals surface area contributed by atoms with E-state index in [4.69, 9.17) is 5.26 Å². The van der Waals surface area contributed by atoms with Crippen LogP contribution in [-0.2, 0) is 10.0 Å². The number of nitrogens with zero attached hydrogens (tertiary/aromatic N) is 2. The second-order valence-corrected chi connectivity index (χ2v) is 5.30. The molecule has 5 nitrogen and oxygen atoms in total. The minimum absolute atomic E-state index is 0.0565. The topological polar surface area (TPSA) is 82.8 Å². The summed E-state index contributed by atoms with van der Waals surface area (Å²) >= 11 is 0. The molecule has 0 radical (unpaired) electrons. The first-order chi connectivity index (χ1) is 8.11. The highest BCUT2D eigenvalue weighted by molar-refractivity contribution is 7.89. The summed E-state index contributed by atoms with van der Waals surface area (Å²) in [4.78, 5) is 3.67. The second kappa shape index (κ2) is 6.33. The molecule has 0 aliphatic carbocycles. The van der Waals surface area contributed by atoms with Crippen molar-refractivity contribution in [3.63, 3.8) is 0 Å². The van der Waals surface area contributed by atoms with Gasteiger partial charge in [0.25, 0.3) is 0 Å². The zero-order valence-corrected chi connectivity index (χ0v) is 10.5. The number of rotatable bonds is 6. The van der Waals surface area contributed by atoms with Crippen LogP contribution in [0, 0.1) is 11.3 Å². The van der Waals surface area contributed by atoms with Crippen LogP contribution in [0.3, 0.4) is 0 Å². The molecule has 1 aromatic heterocycles. The number of aromatic nitrogens is 1. The summed E-state index contributed by atoms with van der Waals surface area (Å²) in [6.45, 7) is 2.43. The number of pyridine rings is 1. The van der Waals surface area contributed by atoms with E-state index in [0.29, 0.717) is 6.54 Å². The van der Waals surface area contributed by atoms with Crippen molar-refractivity contribution in [2.24, 2.45) is 0 Å². The van der Waals surface area contributed by atoms with Gasteiger partial charge in [-0.1, -0.05) is 19.8 Å². The van der Waals surface area contributed by atoms with Gasteiger partial charge in [-0.2, -0.15) is 5.26 Å². The first-order valence-electron chi connectivity index (χ1n) is 5.46. The minimum Gasteiger partial charge on any atom is -0.244 e. The van der Waals surface area contributed by atoms with Gasteiger partial charge in [-0.15, -0.1) is 0 Å². The van der Waals surface area contributed by atoms with Crippen molar-refractivity contribution in [3.05, 3.63) is 24.0 Å². The maximum Gasteiger partial charge on any atom is 0.243 e. The average molecular weight is 253 g/mol. The number of hydrogen-bond donors (Lipinski definition) is 1. The predicted octanol–water partition coefficient (Wildman–Crippen LogP) is 1.42. The molecule has 0 bridgehead atoms. The maximum atomic E-state index is 11.9. The Morgan fingerprint density at radius 1 is 1.47 bits per heavy atom. The molecule has 0 unspecified atom stereocenters. The number of nitrogens with one attached hydrogen (secondary N) is 1. The van der Waals surface area contributed by atoms with Gasteiger partial charge in [0.1, 0.15) is 11.0 Å². The number of nitriles is 1. The Morgan fingerprint density at radius 3 is 2.88 bits per heavy atom. The summed E-state index contributed by atoms with van der Waals surface area (Å²) in [6, 6.07) is 4.66. The Balaban J connectivity index is 2.80. The van der Waals surface area contributed by atoms with Crippen molar-refractivity contribution in [2.75, 3.05) is 6.54 Å². The normalized spacial score (nSPS) is 11.1. The van der Waals surface area contributed by atoms with Gasteiger partial charge in [-0.3, -0.25) is 0 Å². The highest BCUT2D eigenvalue weighted by Gasteiger charge is 2.18. The summed E-state index contributed by atoms with van der Waals surface area (Å²) in [5.41, 5.74) is -0.0736. The third-order valence-corrected chi connectivity index (χ3v) is 3.73. The van der Waals surface area contributed by atoms with Crippen LogP contribution in [0.2, 0.25) is 0 Å². The van der Waals surface area contributed by atoms with E-state index in [1.54, 1.807) is 6.07 Å². The molecule has 0 aliphatic rings. The predicted molar refractivity (Wildman–Crippen MR) is 63.7 cm³/mol. The van der Waals surface area contributed by atoms with E-state index < -0.39 is 10.0 Å². The molecule has 1 aromatic rings. The molecule has 0 fully saturated rings. The van der Waals surface area contributed by atoms with Gasteiger partial charge in [0.05, 0.1) is 0 Å². The van der Waals surface area contributed by atoms with E-state index in [0.717, 1.165) is 19.3 Å². The van der Waals surface area contributed by atoms with Crippen molar-refractivity contribution in [2.45, 2.75) is 31.1 Å². The Kier molecular flexibility index (Phi) is 5.07. The molecule has 92 valence electrons. The van der Waals surface area contributed by atoms with Crippen LogP contribution in [0.25, 0.3) is 0 Å². The number of unbranched alkanes of at least 4 members (excludes halogenated alkanes) is 2. The van der Waals surface area contributed by atoms with E-state index in [2.05, 4.69) is 9.71 Å². The van der Waals surface area contributed by atoms with Crippen LogP contribution in [-0.4, -0.2) is 19.9 Å². The van der Waals surface area contributed by atoms with E-state index in [1.165, 1.54) is 18.3 Å². The van der Waals surface area contributed by atoms with Gasteiger partial charge < -0.3 is 0 Å². The summed E-state index contributed by atoms with van der Waals surface area (Å²) in [6.07, 6.45) is 4.19. The van der Waals surface area contributed by atoms with Crippen LogP contribution >= 0.6 is 0 Å². The van der Waals surface area contributed by atoms with Crippen LogP contribution < -0.4 is 4.72 Å². The number of sulfonamides is 1. The molecular formula is C11H15N3O2S. The zero-order valence-electron chi connectivity index (χ0n) is 9.68. The largest absolute Gasteiger partial charge is 0.244 e. The first kappa shape index (κ1) is 13.6.